The largest absolute Gasteiger partial charge is 0.456 e. The second-order valence-corrected chi connectivity index (χ2v) is 8.37. The Bertz CT molecular complexity index is 1390. The van der Waals surface area contributed by atoms with Crippen LogP contribution >= 0.6 is 0 Å². The summed E-state index contributed by atoms with van der Waals surface area (Å²) in [5, 5.41) is 3.47. The summed E-state index contributed by atoms with van der Waals surface area (Å²) in [5.41, 5.74) is 6.17. The number of ether oxygens (including phenoxy) is 2. The van der Waals surface area contributed by atoms with E-state index >= 15 is 0 Å². The third kappa shape index (κ3) is 2.59. The third-order valence-corrected chi connectivity index (χ3v) is 6.28. The summed E-state index contributed by atoms with van der Waals surface area (Å²) in [5.74, 6) is 1.07. The zero-order valence-corrected chi connectivity index (χ0v) is 17.8. The summed E-state index contributed by atoms with van der Waals surface area (Å²) in [7, 11) is 0. The normalized spacial score (nSPS) is 17.8. The third-order valence-electron chi connectivity index (χ3n) is 6.28. The molecule has 0 aromatic heterocycles. The molecule has 1 atom stereocenters. The van der Waals surface area contributed by atoms with Crippen LogP contribution in [0.4, 0.5) is 11.4 Å². The number of carbonyl (C=O) groups excluding carboxylic acids is 1. The molecule has 0 saturated heterocycles. The number of benzene rings is 4. The summed E-state index contributed by atoms with van der Waals surface area (Å²) in [6.07, 6.45) is 0. The predicted molar refractivity (Wildman–Crippen MR) is 124 cm³/mol. The quantitative estimate of drug-likeness (QED) is 0.371. The number of esters is 1. The molecular formula is C28H21NO3. The van der Waals surface area contributed by atoms with E-state index in [2.05, 4.69) is 24.4 Å². The molecule has 2 heterocycles. The standard InChI is InChI=1S/C28H21NO3/c1-17-10-12-19(13-11-17)29-20-14-15-24-23(16-20)28(26-18(2)6-5-9-25(26)31-24)22-8-4-3-7-21(22)27(30)32-28/h3-16,29H,1-2H3. The molecule has 0 radical (unpaired) electrons. The second-order valence-electron chi connectivity index (χ2n) is 8.37. The Balaban J connectivity index is 1.59. The van der Waals surface area contributed by atoms with Crippen molar-refractivity contribution < 1.29 is 14.3 Å². The number of hydrogen-bond donors (Lipinski definition) is 1. The van der Waals surface area contributed by atoms with Gasteiger partial charge in [-0.25, -0.2) is 4.79 Å². The Hall–Kier alpha value is -4.05. The molecule has 0 bridgehead atoms. The average molecular weight is 419 g/mol. The van der Waals surface area contributed by atoms with E-state index in [0.717, 1.165) is 33.6 Å². The molecular weight excluding hydrogens is 398 g/mol. The van der Waals surface area contributed by atoms with E-state index in [4.69, 9.17) is 9.47 Å². The molecule has 1 spiro atoms. The topological polar surface area (TPSA) is 47.6 Å². The molecule has 0 saturated carbocycles. The van der Waals surface area contributed by atoms with Gasteiger partial charge in [0.2, 0.25) is 0 Å². The fourth-order valence-electron chi connectivity index (χ4n) is 4.81. The first-order chi connectivity index (χ1) is 15.6. The first kappa shape index (κ1) is 18.7. The van der Waals surface area contributed by atoms with E-state index in [9.17, 15) is 4.79 Å². The Kier molecular flexibility index (Phi) is 3.93. The summed E-state index contributed by atoms with van der Waals surface area (Å²) in [6, 6.07) is 27.7. The lowest BCUT2D eigenvalue weighted by atomic mass is 9.76. The molecule has 0 amide bonds. The SMILES string of the molecule is Cc1ccc(Nc2ccc3c(c2)C2(OC(=O)c4ccccc42)c2c(C)cccc2O3)cc1. The maximum absolute atomic E-state index is 13.0. The van der Waals surface area contributed by atoms with Crippen molar-refractivity contribution in [1.29, 1.82) is 0 Å². The Morgan fingerprint density at radius 1 is 0.750 bits per heavy atom. The predicted octanol–water partition coefficient (Wildman–Crippen LogP) is 6.62. The maximum atomic E-state index is 13.0. The molecule has 4 aromatic carbocycles. The first-order valence-corrected chi connectivity index (χ1v) is 10.7. The molecule has 6 rings (SSSR count). The molecule has 1 unspecified atom stereocenters. The molecule has 4 nitrogen and oxygen atoms in total. The molecule has 0 aliphatic carbocycles. The number of anilines is 2. The van der Waals surface area contributed by atoms with Crippen molar-refractivity contribution in [2.24, 2.45) is 0 Å². The molecule has 32 heavy (non-hydrogen) atoms. The lowest BCUT2D eigenvalue weighted by Gasteiger charge is -2.37. The van der Waals surface area contributed by atoms with Gasteiger partial charge in [-0.05, 0) is 61.9 Å². The van der Waals surface area contributed by atoms with Crippen molar-refractivity contribution in [2.45, 2.75) is 19.4 Å². The highest BCUT2D eigenvalue weighted by Crippen LogP contribution is 2.57. The van der Waals surface area contributed by atoms with E-state index in [1.807, 2.05) is 79.7 Å². The van der Waals surface area contributed by atoms with Crippen molar-refractivity contribution >= 4 is 17.3 Å². The van der Waals surface area contributed by atoms with Crippen LogP contribution in [-0.2, 0) is 10.3 Å². The van der Waals surface area contributed by atoms with E-state index in [0.29, 0.717) is 17.1 Å². The number of fused-ring (bicyclic) bond motifs is 6. The van der Waals surface area contributed by atoms with Gasteiger partial charge in [0.05, 0.1) is 11.1 Å². The maximum Gasteiger partial charge on any atom is 0.340 e. The van der Waals surface area contributed by atoms with Crippen molar-refractivity contribution in [3.8, 4) is 11.5 Å². The van der Waals surface area contributed by atoms with E-state index in [1.165, 1.54) is 5.56 Å². The van der Waals surface area contributed by atoms with Crippen LogP contribution in [0.3, 0.4) is 0 Å². The first-order valence-electron chi connectivity index (χ1n) is 10.7. The van der Waals surface area contributed by atoms with Crippen LogP contribution in [0, 0.1) is 13.8 Å². The van der Waals surface area contributed by atoms with Gasteiger partial charge >= 0.3 is 5.97 Å². The molecule has 4 aromatic rings. The highest BCUT2D eigenvalue weighted by Gasteiger charge is 2.54. The minimum Gasteiger partial charge on any atom is -0.456 e. The summed E-state index contributed by atoms with van der Waals surface area (Å²) in [4.78, 5) is 13.0. The van der Waals surface area contributed by atoms with Crippen LogP contribution in [0.15, 0.2) is 84.9 Å². The Labute approximate surface area is 186 Å². The van der Waals surface area contributed by atoms with E-state index < -0.39 is 5.60 Å². The van der Waals surface area contributed by atoms with Crippen molar-refractivity contribution in [3.63, 3.8) is 0 Å². The molecule has 4 heteroatoms. The minimum atomic E-state index is -1.05. The average Bonchev–Trinajstić information content (AvgIpc) is 3.09. The van der Waals surface area contributed by atoms with Crippen molar-refractivity contribution in [3.05, 3.63) is 118 Å². The Morgan fingerprint density at radius 3 is 2.38 bits per heavy atom. The van der Waals surface area contributed by atoms with Gasteiger partial charge in [-0.1, -0.05) is 48.0 Å². The van der Waals surface area contributed by atoms with Crippen LogP contribution in [0.2, 0.25) is 0 Å². The van der Waals surface area contributed by atoms with Gasteiger partial charge in [0.1, 0.15) is 11.5 Å². The van der Waals surface area contributed by atoms with Gasteiger partial charge in [0.15, 0.2) is 5.60 Å². The number of rotatable bonds is 2. The van der Waals surface area contributed by atoms with Gasteiger partial charge < -0.3 is 14.8 Å². The van der Waals surface area contributed by atoms with Crippen LogP contribution in [-0.4, -0.2) is 5.97 Å². The zero-order valence-electron chi connectivity index (χ0n) is 17.8. The van der Waals surface area contributed by atoms with Crippen molar-refractivity contribution in [2.75, 3.05) is 5.32 Å². The highest BCUT2D eigenvalue weighted by atomic mass is 16.6. The molecule has 2 aliphatic rings. The monoisotopic (exact) mass is 419 g/mol. The molecule has 1 N–H and O–H groups in total. The van der Waals surface area contributed by atoms with E-state index in [1.54, 1.807) is 0 Å². The van der Waals surface area contributed by atoms with Crippen molar-refractivity contribution in [1.82, 2.24) is 0 Å². The number of aryl methyl sites for hydroxylation is 2. The summed E-state index contributed by atoms with van der Waals surface area (Å²) < 4.78 is 12.6. The molecule has 156 valence electrons. The van der Waals surface area contributed by atoms with Crippen LogP contribution in [0.1, 0.15) is 38.2 Å². The summed E-state index contributed by atoms with van der Waals surface area (Å²) >= 11 is 0. The van der Waals surface area contributed by atoms with Crippen LogP contribution < -0.4 is 10.1 Å². The number of carbonyl (C=O) groups is 1. The fraction of sp³-hybridized carbons (Fsp3) is 0.107. The van der Waals surface area contributed by atoms with Gasteiger partial charge in [0, 0.05) is 22.5 Å². The molecule has 2 aliphatic heterocycles. The summed E-state index contributed by atoms with van der Waals surface area (Å²) in [6.45, 7) is 4.09. The van der Waals surface area contributed by atoms with Crippen LogP contribution in [0.25, 0.3) is 0 Å². The minimum absolute atomic E-state index is 0.320. The van der Waals surface area contributed by atoms with Gasteiger partial charge in [-0.2, -0.15) is 0 Å². The zero-order chi connectivity index (χ0) is 21.9. The van der Waals surface area contributed by atoms with Gasteiger partial charge in [-0.15, -0.1) is 0 Å². The molecule has 0 fully saturated rings. The smallest absolute Gasteiger partial charge is 0.340 e. The van der Waals surface area contributed by atoms with Crippen LogP contribution in [0.5, 0.6) is 11.5 Å². The van der Waals surface area contributed by atoms with Gasteiger partial charge in [0.25, 0.3) is 0 Å². The number of nitrogens with one attached hydrogen (secondary N) is 1. The number of hydrogen-bond acceptors (Lipinski definition) is 4. The lowest BCUT2D eigenvalue weighted by Crippen LogP contribution is -2.34. The lowest BCUT2D eigenvalue weighted by molar-refractivity contribution is 0.0222. The second kappa shape index (κ2) is 6.72. The fourth-order valence-corrected chi connectivity index (χ4v) is 4.81. The highest BCUT2D eigenvalue weighted by molar-refractivity contribution is 5.97. The van der Waals surface area contributed by atoms with Gasteiger partial charge in [-0.3, -0.25) is 0 Å². The Morgan fingerprint density at radius 2 is 1.53 bits per heavy atom. The van der Waals surface area contributed by atoms with E-state index in [-0.39, 0.29) is 5.97 Å².